The zero-order valence-corrected chi connectivity index (χ0v) is 7.01. The van der Waals surface area contributed by atoms with Crippen molar-refractivity contribution in [2.24, 2.45) is 0 Å². The van der Waals surface area contributed by atoms with Crippen molar-refractivity contribution in [2.45, 2.75) is 0 Å². The van der Waals surface area contributed by atoms with Crippen molar-refractivity contribution in [3.05, 3.63) is 42.0 Å². The van der Waals surface area contributed by atoms with Gasteiger partial charge in [0, 0.05) is 5.03 Å². The van der Waals surface area contributed by atoms with Gasteiger partial charge in [-0.3, -0.25) is 0 Å². The van der Waals surface area contributed by atoms with E-state index in [0.717, 1.165) is 5.56 Å². The van der Waals surface area contributed by atoms with Crippen LogP contribution in [0.1, 0.15) is 15.9 Å². The van der Waals surface area contributed by atoms with Crippen molar-refractivity contribution in [1.82, 2.24) is 0 Å². The van der Waals surface area contributed by atoms with E-state index in [-0.39, 0.29) is 5.56 Å². The van der Waals surface area contributed by atoms with Gasteiger partial charge in [-0.15, -0.1) is 0 Å². The van der Waals surface area contributed by atoms with Crippen LogP contribution in [0.3, 0.4) is 0 Å². The smallest absolute Gasteiger partial charge is 0.335 e. The minimum atomic E-state index is -0.943. The molecule has 0 bridgehead atoms. The van der Waals surface area contributed by atoms with Gasteiger partial charge in [-0.1, -0.05) is 30.3 Å². The van der Waals surface area contributed by atoms with Crippen molar-refractivity contribution >= 4 is 22.6 Å². The largest absolute Gasteiger partial charge is 0.478 e. The molecule has 0 unspecified atom stereocenters. The van der Waals surface area contributed by atoms with Crippen molar-refractivity contribution < 1.29 is 9.90 Å². The zero-order chi connectivity index (χ0) is 9.14. The Balaban J connectivity index is 3.01. The van der Waals surface area contributed by atoms with Gasteiger partial charge < -0.3 is 5.11 Å². The molecular formula is C9H7ClO2. The van der Waals surface area contributed by atoms with Crippen LogP contribution in [-0.2, 0) is 0 Å². The van der Waals surface area contributed by atoms with E-state index in [1.54, 1.807) is 12.1 Å². The molecule has 1 aromatic rings. The van der Waals surface area contributed by atoms with Gasteiger partial charge >= 0.3 is 5.97 Å². The second-order valence-electron chi connectivity index (χ2n) is 2.29. The van der Waals surface area contributed by atoms with Crippen molar-refractivity contribution in [1.29, 1.82) is 0 Å². The summed E-state index contributed by atoms with van der Waals surface area (Å²) in [5, 5.41) is 8.97. The van der Waals surface area contributed by atoms with E-state index >= 15 is 0 Å². The average molecular weight is 183 g/mol. The van der Waals surface area contributed by atoms with E-state index in [1.165, 1.54) is 12.1 Å². The SMILES string of the molecule is C=C(Cl)c1ccc(C(=O)O)cc1. The van der Waals surface area contributed by atoms with Gasteiger partial charge in [-0.25, -0.2) is 4.79 Å². The van der Waals surface area contributed by atoms with Gasteiger partial charge in [0.25, 0.3) is 0 Å². The second-order valence-corrected chi connectivity index (χ2v) is 2.74. The summed E-state index contributed by atoms with van der Waals surface area (Å²) in [7, 11) is 0. The lowest BCUT2D eigenvalue weighted by atomic mass is 10.1. The molecule has 0 amide bonds. The zero-order valence-electron chi connectivity index (χ0n) is 6.25. The number of benzene rings is 1. The van der Waals surface area contributed by atoms with Crippen molar-refractivity contribution in [2.75, 3.05) is 0 Å². The monoisotopic (exact) mass is 182 g/mol. The van der Waals surface area contributed by atoms with E-state index in [1.807, 2.05) is 0 Å². The van der Waals surface area contributed by atoms with Gasteiger partial charge in [-0.05, 0) is 17.7 Å². The Morgan fingerprint density at radius 3 is 2.00 bits per heavy atom. The number of carboxylic acids is 1. The number of hydrogen-bond acceptors (Lipinski definition) is 1. The minimum Gasteiger partial charge on any atom is -0.478 e. The number of halogens is 1. The highest BCUT2D eigenvalue weighted by Gasteiger charge is 2.01. The summed E-state index contributed by atoms with van der Waals surface area (Å²) in [5.74, 6) is -0.943. The number of aromatic carboxylic acids is 1. The van der Waals surface area contributed by atoms with Crippen LogP contribution in [0.25, 0.3) is 5.03 Å². The van der Waals surface area contributed by atoms with Crippen LogP contribution in [0.15, 0.2) is 30.8 Å². The normalized spacial score (nSPS) is 9.42. The van der Waals surface area contributed by atoms with Crippen LogP contribution in [0, 0.1) is 0 Å². The Hall–Kier alpha value is -1.28. The fraction of sp³-hybridized carbons (Fsp3) is 0. The summed E-state index contributed by atoms with van der Waals surface area (Å²) < 4.78 is 0. The van der Waals surface area contributed by atoms with E-state index in [0.29, 0.717) is 5.03 Å². The first kappa shape index (κ1) is 8.81. The first-order chi connectivity index (χ1) is 5.61. The standard InChI is InChI=1S/C9H7ClO2/c1-6(10)7-2-4-8(5-3-7)9(11)12/h2-5H,1H2,(H,11,12). The van der Waals surface area contributed by atoms with Crippen LogP contribution < -0.4 is 0 Å². The third-order valence-corrected chi connectivity index (χ3v) is 1.66. The fourth-order valence-corrected chi connectivity index (χ4v) is 0.920. The molecule has 62 valence electrons. The van der Waals surface area contributed by atoms with Gasteiger partial charge in [-0.2, -0.15) is 0 Å². The first-order valence-corrected chi connectivity index (χ1v) is 3.67. The Kier molecular flexibility index (Phi) is 2.51. The van der Waals surface area contributed by atoms with Gasteiger partial charge in [0.1, 0.15) is 0 Å². The van der Waals surface area contributed by atoms with Crippen LogP contribution in [0.5, 0.6) is 0 Å². The summed E-state index contributed by atoms with van der Waals surface area (Å²) in [5.41, 5.74) is 0.985. The molecule has 2 nitrogen and oxygen atoms in total. The van der Waals surface area contributed by atoms with Crippen molar-refractivity contribution in [3.8, 4) is 0 Å². The Morgan fingerprint density at radius 2 is 1.67 bits per heavy atom. The van der Waals surface area contributed by atoms with E-state index in [2.05, 4.69) is 6.58 Å². The molecule has 0 aromatic heterocycles. The lowest BCUT2D eigenvalue weighted by molar-refractivity contribution is 0.0697. The Morgan fingerprint density at radius 1 is 1.25 bits per heavy atom. The predicted molar refractivity (Wildman–Crippen MR) is 48.3 cm³/mol. The van der Waals surface area contributed by atoms with Crippen LogP contribution in [-0.4, -0.2) is 11.1 Å². The first-order valence-electron chi connectivity index (χ1n) is 3.29. The van der Waals surface area contributed by atoms with Crippen LogP contribution >= 0.6 is 11.6 Å². The van der Waals surface area contributed by atoms with Crippen LogP contribution in [0.4, 0.5) is 0 Å². The number of rotatable bonds is 2. The van der Waals surface area contributed by atoms with Gasteiger partial charge in [0.05, 0.1) is 5.56 Å². The van der Waals surface area contributed by atoms with E-state index in [4.69, 9.17) is 16.7 Å². The number of carboxylic acid groups (broad SMARTS) is 1. The molecular weight excluding hydrogens is 176 g/mol. The highest BCUT2D eigenvalue weighted by molar-refractivity contribution is 6.48. The molecule has 3 heteroatoms. The molecule has 0 aliphatic heterocycles. The maximum atomic E-state index is 10.4. The topological polar surface area (TPSA) is 37.3 Å². The molecule has 0 spiro atoms. The minimum absolute atomic E-state index is 0.247. The molecule has 1 aromatic carbocycles. The quantitative estimate of drug-likeness (QED) is 0.764. The fourth-order valence-electron chi connectivity index (χ4n) is 0.794. The third kappa shape index (κ3) is 1.86. The molecule has 1 N–H and O–H groups in total. The predicted octanol–water partition coefficient (Wildman–Crippen LogP) is 2.59. The summed E-state index contributed by atoms with van der Waals surface area (Å²) in [4.78, 5) is 10.4. The van der Waals surface area contributed by atoms with Gasteiger partial charge in [0.15, 0.2) is 0 Å². The Labute approximate surface area is 75.1 Å². The molecule has 0 heterocycles. The lowest BCUT2D eigenvalue weighted by Crippen LogP contribution is -1.94. The highest BCUT2D eigenvalue weighted by atomic mass is 35.5. The number of hydrogen-bond donors (Lipinski definition) is 1. The molecule has 1 rings (SSSR count). The summed E-state index contributed by atoms with van der Waals surface area (Å²) in [6, 6.07) is 6.23. The molecule has 0 atom stereocenters. The molecule has 12 heavy (non-hydrogen) atoms. The molecule has 0 saturated heterocycles. The summed E-state index contributed by atoms with van der Waals surface area (Å²) in [6.07, 6.45) is 0. The maximum absolute atomic E-state index is 10.4. The molecule has 0 saturated carbocycles. The maximum Gasteiger partial charge on any atom is 0.335 e. The summed E-state index contributed by atoms with van der Waals surface area (Å²) >= 11 is 5.59. The van der Waals surface area contributed by atoms with Crippen molar-refractivity contribution in [3.63, 3.8) is 0 Å². The third-order valence-electron chi connectivity index (χ3n) is 1.45. The van der Waals surface area contributed by atoms with E-state index < -0.39 is 5.97 Å². The molecule has 0 radical (unpaired) electrons. The second kappa shape index (κ2) is 3.41. The Bertz CT molecular complexity index is 281. The van der Waals surface area contributed by atoms with Crippen LogP contribution in [0.2, 0.25) is 0 Å². The molecule has 0 fully saturated rings. The van der Waals surface area contributed by atoms with Gasteiger partial charge in [0.2, 0.25) is 0 Å². The average Bonchev–Trinajstić information content (AvgIpc) is 2.04. The van der Waals surface area contributed by atoms with E-state index in [9.17, 15) is 4.79 Å². The summed E-state index contributed by atoms with van der Waals surface area (Å²) in [6.45, 7) is 3.52. The molecule has 0 aliphatic rings. The highest BCUT2D eigenvalue weighted by Crippen LogP contribution is 2.16. The number of carbonyl (C=O) groups is 1. The lowest BCUT2D eigenvalue weighted by Gasteiger charge is -1.97. The molecule has 0 aliphatic carbocycles.